The van der Waals surface area contributed by atoms with Crippen LogP contribution in [0.5, 0.6) is 0 Å². The fourth-order valence-electron chi connectivity index (χ4n) is 6.09. The first-order valence-electron chi connectivity index (χ1n) is 13.8. The van der Waals surface area contributed by atoms with E-state index >= 15 is 0 Å². The third-order valence-corrected chi connectivity index (χ3v) is 8.28. The summed E-state index contributed by atoms with van der Waals surface area (Å²) in [6, 6.07) is 10.4. The number of carbonyl (C=O) groups is 3. The van der Waals surface area contributed by atoms with E-state index < -0.39 is 0 Å². The van der Waals surface area contributed by atoms with Crippen LogP contribution in [0, 0.1) is 11.2 Å². The van der Waals surface area contributed by atoms with Crippen LogP contribution in [0.2, 0.25) is 0 Å². The van der Waals surface area contributed by atoms with Crippen molar-refractivity contribution in [2.24, 2.45) is 5.41 Å². The average molecular weight is 533 g/mol. The molecule has 3 aromatic rings. The zero-order chi connectivity index (χ0) is 27.9. The van der Waals surface area contributed by atoms with Gasteiger partial charge in [-0.1, -0.05) is 19.9 Å². The molecule has 0 saturated heterocycles. The van der Waals surface area contributed by atoms with Crippen LogP contribution in [0.1, 0.15) is 73.7 Å². The minimum atomic E-state index is -0.377. The van der Waals surface area contributed by atoms with Gasteiger partial charge in [-0.2, -0.15) is 0 Å². The number of hydrogen-bond acceptors (Lipinski definition) is 5. The third-order valence-electron chi connectivity index (χ3n) is 8.28. The van der Waals surface area contributed by atoms with Crippen molar-refractivity contribution >= 4 is 34.7 Å². The van der Waals surface area contributed by atoms with E-state index in [1.165, 1.54) is 12.1 Å². The summed E-state index contributed by atoms with van der Waals surface area (Å²) in [6.45, 7) is 6.00. The normalized spacial score (nSPS) is 21.3. The Balaban J connectivity index is 1.45. The van der Waals surface area contributed by atoms with E-state index in [-0.39, 0.29) is 41.2 Å². The quantitative estimate of drug-likeness (QED) is 0.358. The van der Waals surface area contributed by atoms with Gasteiger partial charge in [-0.05, 0) is 87.4 Å². The van der Waals surface area contributed by atoms with Gasteiger partial charge >= 0.3 is 0 Å². The lowest BCUT2D eigenvalue weighted by atomic mass is 9.80. The molecule has 3 N–H and O–H groups in total. The standard InChI is InChI=1S/C31H37FN4O3/c1-18(33-4)30(39)35-23-10-8-22(9-11-23)34-25-13-19(5-6-20(25)17-37)29-24-12-7-21(32)14-26(24)36-27(29)15-31(2,3)16-28(36)38/h5-7,12-14,17-18,22-23,33-34H,8-11,15-16H2,1-4H3,(H,35,39)/t18-,22?,23?/m0/s1. The number of carbonyl (C=O) groups excluding carboxylic acids is 3. The monoisotopic (exact) mass is 532 g/mol. The van der Waals surface area contributed by atoms with Crippen LogP contribution in [0.25, 0.3) is 22.0 Å². The predicted octanol–water partition coefficient (Wildman–Crippen LogP) is 5.32. The van der Waals surface area contributed by atoms with Gasteiger partial charge in [-0.3, -0.25) is 19.0 Å². The Labute approximate surface area is 228 Å². The molecule has 1 atom stereocenters. The Hall–Kier alpha value is -3.52. The summed E-state index contributed by atoms with van der Waals surface area (Å²) in [5, 5.41) is 10.5. The lowest BCUT2D eigenvalue weighted by Crippen LogP contribution is -2.47. The number of nitrogens with one attached hydrogen (secondary N) is 3. The van der Waals surface area contributed by atoms with Crippen LogP contribution >= 0.6 is 0 Å². The van der Waals surface area contributed by atoms with Gasteiger partial charge in [0, 0.05) is 46.4 Å². The second-order valence-electron chi connectivity index (χ2n) is 11.9. The molecule has 8 heteroatoms. The van der Waals surface area contributed by atoms with E-state index in [2.05, 4.69) is 29.8 Å². The number of halogens is 1. The van der Waals surface area contributed by atoms with Gasteiger partial charge in [0.15, 0.2) is 6.29 Å². The second-order valence-corrected chi connectivity index (χ2v) is 11.9. The summed E-state index contributed by atoms with van der Waals surface area (Å²) >= 11 is 0. The number of benzene rings is 2. The molecule has 1 saturated carbocycles. The first kappa shape index (κ1) is 27.1. The minimum Gasteiger partial charge on any atom is -0.382 e. The molecular weight excluding hydrogens is 495 g/mol. The Morgan fingerprint density at radius 1 is 1.08 bits per heavy atom. The second kappa shape index (κ2) is 10.6. The van der Waals surface area contributed by atoms with E-state index in [1.807, 2.05) is 25.1 Å². The third kappa shape index (κ3) is 5.35. The van der Waals surface area contributed by atoms with Crippen LogP contribution in [-0.4, -0.2) is 47.8 Å². The highest BCUT2D eigenvalue weighted by Crippen LogP contribution is 2.43. The maximum absolute atomic E-state index is 14.3. The maximum Gasteiger partial charge on any atom is 0.237 e. The van der Waals surface area contributed by atoms with Crippen molar-refractivity contribution in [3.63, 3.8) is 0 Å². The molecule has 1 aliphatic carbocycles. The molecule has 1 fully saturated rings. The number of aromatic nitrogens is 1. The Morgan fingerprint density at radius 3 is 2.49 bits per heavy atom. The molecule has 206 valence electrons. The number of rotatable bonds is 7. The summed E-state index contributed by atoms with van der Waals surface area (Å²) in [4.78, 5) is 37.4. The predicted molar refractivity (Wildman–Crippen MR) is 152 cm³/mol. The molecular formula is C31H37FN4O3. The minimum absolute atomic E-state index is 0.00881. The molecule has 0 bridgehead atoms. The summed E-state index contributed by atoms with van der Waals surface area (Å²) in [5.74, 6) is -0.397. The molecule has 1 aromatic heterocycles. The summed E-state index contributed by atoms with van der Waals surface area (Å²) < 4.78 is 16.0. The molecule has 1 amide bonds. The van der Waals surface area contributed by atoms with Gasteiger partial charge < -0.3 is 16.0 Å². The summed E-state index contributed by atoms with van der Waals surface area (Å²) in [5.41, 5.74) is 4.37. The van der Waals surface area contributed by atoms with E-state index in [4.69, 9.17) is 0 Å². The molecule has 5 rings (SSSR count). The van der Waals surface area contributed by atoms with Crippen molar-refractivity contribution in [2.45, 2.75) is 77.4 Å². The zero-order valence-corrected chi connectivity index (χ0v) is 23.1. The van der Waals surface area contributed by atoms with Crippen molar-refractivity contribution in [1.29, 1.82) is 0 Å². The van der Waals surface area contributed by atoms with Crippen molar-refractivity contribution in [3.05, 3.63) is 53.5 Å². The van der Waals surface area contributed by atoms with Crippen molar-refractivity contribution < 1.29 is 18.8 Å². The zero-order valence-electron chi connectivity index (χ0n) is 23.1. The van der Waals surface area contributed by atoms with Gasteiger partial charge in [-0.15, -0.1) is 0 Å². The van der Waals surface area contributed by atoms with Crippen LogP contribution in [0.15, 0.2) is 36.4 Å². The topological polar surface area (TPSA) is 92.2 Å². The highest BCUT2D eigenvalue weighted by atomic mass is 19.1. The Kier molecular flexibility index (Phi) is 7.33. The number of anilines is 1. The molecule has 0 unspecified atom stereocenters. The fraction of sp³-hybridized carbons (Fsp3) is 0.452. The first-order chi connectivity index (χ1) is 18.6. The Bertz CT molecular complexity index is 1440. The molecule has 39 heavy (non-hydrogen) atoms. The van der Waals surface area contributed by atoms with E-state index in [1.54, 1.807) is 17.7 Å². The van der Waals surface area contributed by atoms with Crippen LogP contribution < -0.4 is 16.0 Å². The molecule has 1 aliphatic heterocycles. The largest absolute Gasteiger partial charge is 0.382 e. The van der Waals surface area contributed by atoms with Gasteiger partial charge in [0.2, 0.25) is 11.8 Å². The molecule has 2 aliphatic rings. The van der Waals surface area contributed by atoms with Crippen LogP contribution in [0.3, 0.4) is 0 Å². The number of nitrogens with zero attached hydrogens (tertiary/aromatic N) is 1. The number of hydrogen-bond donors (Lipinski definition) is 3. The molecule has 7 nitrogen and oxygen atoms in total. The van der Waals surface area contributed by atoms with E-state index in [0.717, 1.165) is 59.9 Å². The SMILES string of the molecule is CN[C@@H](C)C(=O)NC1CCC(Nc2cc(-c3c4n(c5cc(F)ccc35)C(=O)CC(C)(C)C4)ccc2C=O)CC1. The number of likely N-dealkylation sites (N-methyl/N-ethyl adjacent to an activating group) is 1. The van der Waals surface area contributed by atoms with Gasteiger partial charge in [0.1, 0.15) is 5.82 Å². The summed E-state index contributed by atoms with van der Waals surface area (Å²) in [7, 11) is 1.77. The number of amides is 1. The highest BCUT2D eigenvalue weighted by Gasteiger charge is 2.35. The van der Waals surface area contributed by atoms with Crippen molar-refractivity contribution in [2.75, 3.05) is 12.4 Å². The molecule has 0 radical (unpaired) electrons. The first-order valence-corrected chi connectivity index (χ1v) is 13.8. The highest BCUT2D eigenvalue weighted by molar-refractivity contribution is 6.05. The lowest BCUT2D eigenvalue weighted by molar-refractivity contribution is -0.123. The van der Waals surface area contributed by atoms with Gasteiger partial charge in [-0.25, -0.2) is 4.39 Å². The summed E-state index contributed by atoms with van der Waals surface area (Å²) in [6.07, 6.45) is 5.39. The fourth-order valence-corrected chi connectivity index (χ4v) is 6.09. The number of aldehydes is 1. The van der Waals surface area contributed by atoms with Crippen LogP contribution in [0.4, 0.5) is 10.1 Å². The lowest BCUT2D eigenvalue weighted by Gasteiger charge is -2.31. The molecule has 0 spiro atoms. The maximum atomic E-state index is 14.3. The van der Waals surface area contributed by atoms with E-state index in [0.29, 0.717) is 23.9 Å². The van der Waals surface area contributed by atoms with Gasteiger partial charge in [0.05, 0.1) is 11.6 Å². The average Bonchev–Trinajstić information content (AvgIpc) is 3.21. The van der Waals surface area contributed by atoms with Gasteiger partial charge in [0.25, 0.3) is 0 Å². The van der Waals surface area contributed by atoms with Crippen LogP contribution in [-0.2, 0) is 11.2 Å². The number of fused-ring (bicyclic) bond motifs is 3. The molecule has 2 aromatic carbocycles. The van der Waals surface area contributed by atoms with Crippen molar-refractivity contribution in [1.82, 2.24) is 15.2 Å². The Morgan fingerprint density at radius 2 is 1.79 bits per heavy atom. The van der Waals surface area contributed by atoms with Crippen molar-refractivity contribution in [3.8, 4) is 11.1 Å². The smallest absolute Gasteiger partial charge is 0.237 e. The van der Waals surface area contributed by atoms with E-state index in [9.17, 15) is 18.8 Å². The molecule has 2 heterocycles.